The van der Waals surface area contributed by atoms with Crippen molar-refractivity contribution in [3.05, 3.63) is 27.2 Å². The Hall–Kier alpha value is 0.130. The summed E-state index contributed by atoms with van der Waals surface area (Å²) in [5.74, 6) is 0. The van der Waals surface area contributed by atoms with Gasteiger partial charge in [-0.2, -0.15) is 0 Å². The Morgan fingerprint density at radius 2 is 1.41 bits per heavy atom. The maximum atomic E-state index is 3.74. The monoisotopic (exact) mass is 314 g/mol. The molecule has 1 aromatic carbocycles. The summed E-state index contributed by atoms with van der Waals surface area (Å²) in [5.41, 5.74) is 5.77. The van der Waals surface area contributed by atoms with E-state index < -0.39 is 0 Å². The van der Waals surface area contributed by atoms with Gasteiger partial charge < -0.3 is 0 Å². The second-order valence-electron chi connectivity index (χ2n) is 5.39. The highest BCUT2D eigenvalue weighted by Gasteiger charge is 2.23. The van der Waals surface area contributed by atoms with Crippen LogP contribution in [0.2, 0.25) is 0 Å². The van der Waals surface area contributed by atoms with Crippen LogP contribution in [0.5, 0.6) is 0 Å². The van der Waals surface area contributed by atoms with Crippen molar-refractivity contribution in [2.45, 2.75) is 59.8 Å². The molecule has 0 N–H and O–H groups in total. The van der Waals surface area contributed by atoms with Gasteiger partial charge >= 0.3 is 0 Å². The van der Waals surface area contributed by atoms with Crippen molar-refractivity contribution in [3.8, 4) is 0 Å². The van der Waals surface area contributed by atoms with Crippen molar-refractivity contribution >= 4 is 29.2 Å². The highest BCUT2D eigenvalue weighted by atomic mass is 79.9. The van der Waals surface area contributed by atoms with Crippen LogP contribution in [0.3, 0.4) is 0 Å². The van der Waals surface area contributed by atoms with Gasteiger partial charge in [-0.25, -0.2) is 0 Å². The van der Waals surface area contributed by atoms with Crippen LogP contribution in [0.25, 0.3) is 0 Å². The predicted octanol–water partition coefficient (Wildman–Crippen LogP) is 5.30. The van der Waals surface area contributed by atoms with Crippen molar-refractivity contribution < 1.29 is 0 Å². The second kappa shape index (κ2) is 5.85. The maximum Gasteiger partial charge on any atom is 0.0240 e. The first-order valence-electron chi connectivity index (χ1n) is 6.32. The lowest BCUT2D eigenvalue weighted by Crippen LogP contribution is -2.21. The molecule has 0 fully saturated rings. The first-order chi connectivity index (χ1) is 7.77. The Kier molecular flexibility index (Phi) is 5.22. The summed E-state index contributed by atoms with van der Waals surface area (Å²) in [6, 6.07) is 2.33. The molecule has 96 valence electrons. The lowest BCUT2D eigenvalue weighted by molar-refractivity contribution is 1.02. The molecule has 0 aliphatic rings. The molecule has 0 saturated carbocycles. The van der Waals surface area contributed by atoms with Gasteiger partial charge in [-0.05, 0) is 54.1 Å². The van der Waals surface area contributed by atoms with Crippen LogP contribution >= 0.6 is 23.9 Å². The standard InChI is InChI=1S/C15H24BrP/c1-9(2)17(10(3)4)15-12(6)8-11(5)14(16)13(15)7/h8-10H,1-7H3. The van der Waals surface area contributed by atoms with Gasteiger partial charge in [-0.15, -0.1) is 0 Å². The van der Waals surface area contributed by atoms with Crippen LogP contribution in [0.1, 0.15) is 44.4 Å². The second-order valence-corrected chi connectivity index (χ2v) is 9.51. The smallest absolute Gasteiger partial charge is 0.0240 e. The normalized spacial score (nSPS) is 11.9. The Morgan fingerprint density at radius 3 is 1.82 bits per heavy atom. The van der Waals surface area contributed by atoms with Gasteiger partial charge in [0.15, 0.2) is 0 Å². The number of rotatable bonds is 3. The zero-order valence-electron chi connectivity index (χ0n) is 12.1. The highest BCUT2D eigenvalue weighted by molar-refractivity contribution is 9.10. The van der Waals surface area contributed by atoms with E-state index in [0.717, 1.165) is 11.3 Å². The SMILES string of the molecule is Cc1cc(C)c(P(C(C)C)C(C)C)c(C)c1Br. The van der Waals surface area contributed by atoms with E-state index >= 15 is 0 Å². The van der Waals surface area contributed by atoms with E-state index in [1.54, 1.807) is 5.30 Å². The van der Waals surface area contributed by atoms with Gasteiger partial charge in [0.1, 0.15) is 0 Å². The average Bonchev–Trinajstić information content (AvgIpc) is 2.19. The van der Waals surface area contributed by atoms with E-state index in [9.17, 15) is 0 Å². The van der Waals surface area contributed by atoms with Crippen LogP contribution in [-0.2, 0) is 0 Å². The molecule has 0 spiro atoms. The first kappa shape index (κ1) is 15.2. The third-order valence-corrected chi connectivity index (χ3v) is 7.86. The van der Waals surface area contributed by atoms with Gasteiger partial charge in [0.2, 0.25) is 0 Å². The molecule has 0 aromatic heterocycles. The molecule has 0 nitrogen and oxygen atoms in total. The van der Waals surface area contributed by atoms with Crippen LogP contribution in [0.15, 0.2) is 10.5 Å². The van der Waals surface area contributed by atoms with E-state index in [-0.39, 0.29) is 7.92 Å². The quantitative estimate of drug-likeness (QED) is 0.664. The molecule has 2 heteroatoms. The molecule has 0 aliphatic heterocycles. The zero-order valence-corrected chi connectivity index (χ0v) is 14.5. The van der Waals surface area contributed by atoms with Crippen molar-refractivity contribution in [2.75, 3.05) is 0 Å². The van der Waals surface area contributed by atoms with Gasteiger partial charge in [-0.3, -0.25) is 0 Å². The fraction of sp³-hybridized carbons (Fsp3) is 0.600. The molecule has 17 heavy (non-hydrogen) atoms. The first-order valence-corrected chi connectivity index (χ1v) is 8.59. The van der Waals surface area contributed by atoms with E-state index in [1.807, 2.05) is 0 Å². The fourth-order valence-electron chi connectivity index (χ4n) is 2.66. The molecule has 0 bridgehead atoms. The number of aryl methyl sites for hydroxylation is 2. The highest BCUT2D eigenvalue weighted by Crippen LogP contribution is 2.47. The van der Waals surface area contributed by atoms with Gasteiger partial charge in [0.25, 0.3) is 0 Å². The largest absolute Gasteiger partial charge is 0.0694 e. The molecule has 0 aliphatic carbocycles. The number of hydrogen-bond donors (Lipinski definition) is 0. The zero-order chi connectivity index (χ0) is 13.3. The molecule has 0 unspecified atom stereocenters. The maximum absolute atomic E-state index is 3.74. The van der Waals surface area contributed by atoms with Crippen molar-refractivity contribution in [1.82, 2.24) is 0 Å². The van der Waals surface area contributed by atoms with Crippen molar-refractivity contribution in [2.24, 2.45) is 0 Å². The van der Waals surface area contributed by atoms with Crippen LogP contribution in [0, 0.1) is 20.8 Å². The molecule has 0 heterocycles. The number of hydrogen-bond acceptors (Lipinski definition) is 0. The van der Waals surface area contributed by atoms with Gasteiger partial charge in [0, 0.05) is 4.47 Å². The third kappa shape index (κ3) is 3.12. The molecule has 0 saturated heterocycles. The fourth-order valence-corrected chi connectivity index (χ4v) is 6.32. The van der Waals surface area contributed by atoms with E-state index in [4.69, 9.17) is 0 Å². The predicted molar refractivity (Wildman–Crippen MR) is 85.2 cm³/mol. The van der Waals surface area contributed by atoms with Gasteiger partial charge in [0.05, 0.1) is 0 Å². The minimum Gasteiger partial charge on any atom is -0.0694 e. The minimum absolute atomic E-state index is 0.0740. The molecule has 0 amide bonds. The van der Waals surface area contributed by atoms with Crippen LogP contribution < -0.4 is 5.30 Å². The topological polar surface area (TPSA) is 0 Å². The Balaban J connectivity index is 3.43. The Labute approximate surface area is 116 Å². The summed E-state index contributed by atoms with van der Waals surface area (Å²) >= 11 is 3.74. The molecule has 1 aromatic rings. The van der Waals surface area contributed by atoms with Crippen molar-refractivity contribution in [3.63, 3.8) is 0 Å². The van der Waals surface area contributed by atoms with Crippen LogP contribution in [0.4, 0.5) is 0 Å². The van der Waals surface area contributed by atoms with E-state index in [2.05, 4.69) is 70.5 Å². The van der Waals surface area contributed by atoms with E-state index in [1.165, 1.54) is 21.2 Å². The summed E-state index contributed by atoms with van der Waals surface area (Å²) in [4.78, 5) is 0. The average molecular weight is 315 g/mol. The number of benzene rings is 1. The molecule has 0 radical (unpaired) electrons. The molecule has 1 rings (SSSR count). The summed E-state index contributed by atoms with van der Waals surface area (Å²) in [6.45, 7) is 16.1. The van der Waals surface area contributed by atoms with Crippen LogP contribution in [-0.4, -0.2) is 11.3 Å². The summed E-state index contributed by atoms with van der Waals surface area (Å²) in [6.07, 6.45) is 0. The molecule has 0 atom stereocenters. The summed E-state index contributed by atoms with van der Waals surface area (Å²) < 4.78 is 1.30. The lowest BCUT2D eigenvalue weighted by Gasteiger charge is -2.30. The van der Waals surface area contributed by atoms with Gasteiger partial charge in [-0.1, -0.05) is 57.6 Å². The summed E-state index contributed by atoms with van der Waals surface area (Å²) in [7, 11) is -0.0740. The van der Waals surface area contributed by atoms with Crippen molar-refractivity contribution in [1.29, 1.82) is 0 Å². The van der Waals surface area contributed by atoms with E-state index in [0.29, 0.717) is 0 Å². The summed E-state index contributed by atoms with van der Waals surface area (Å²) in [5, 5.41) is 1.61. The molecular formula is C15H24BrP. The minimum atomic E-state index is -0.0740. The third-order valence-electron chi connectivity index (χ3n) is 3.21. The molecular weight excluding hydrogens is 291 g/mol. The number of halogens is 1. The Morgan fingerprint density at radius 1 is 0.941 bits per heavy atom. The lowest BCUT2D eigenvalue weighted by atomic mass is 10.1. The Bertz CT molecular complexity index is 400.